The molecule has 4 nitrogen and oxygen atoms in total. The highest BCUT2D eigenvalue weighted by atomic mass is 14.9. The summed E-state index contributed by atoms with van der Waals surface area (Å²) < 4.78 is 0. The fourth-order valence-electron chi connectivity index (χ4n) is 1.69. The third-order valence-corrected chi connectivity index (χ3v) is 2.53. The van der Waals surface area contributed by atoms with Gasteiger partial charge in [0.2, 0.25) is 0 Å². The van der Waals surface area contributed by atoms with Crippen LogP contribution >= 0.6 is 0 Å². The Bertz CT molecular complexity index is 572. The summed E-state index contributed by atoms with van der Waals surface area (Å²) in [6, 6.07) is 11.6. The molecule has 1 heterocycles. The van der Waals surface area contributed by atoms with Crippen LogP contribution in [0.25, 0.3) is 0 Å². The summed E-state index contributed by atoms with van der Waals surface area (Å²) in [6.07, 6.45) is 1.76. The second-order valence-corrected chi connectivity index (χ2v) is 4.01. The number of rotatable bonds is 4. The van der Waals surface area contributed by atoms with Gasteiger partial charge in [0.15, 0.2) is 0 Å². The molecule has 1 aromatic heterocycles. The number of aryl methyl sites for hydroxylation is 1. The standard InChI is InChI=1S/C14H14N4/c1-11-17-6-5-14(18-11)10-16-9-13-4-2-3-12(7-13)8-15/h2-7,16H,9-10H2,1H3. The topological polar surface area (TPSA) is 61.6 Å². The molecule has 0 unspecified atom stereocenters. The van der Waals surface area contributed by atoms with Crippen LogP contribution in [0.1, 0.15) is 22.6 Å². The first-order valence-corrected chi connectivity index (χ1v) is 5.76. The minimum Gasteiger partial charge on any atom is -0.307 e. The molecule has 0 amide bonds. The summed E-state index contributed by atoms with van der Waals surface area (Å²) in [5.74, 6) is 0.778. The van der Waals surface area contributed by atoms with Crippen molar-refractivity contribution < 1.29 is 0 Å². The van der Waals surface area contributed by atoms with Gasteiger partial charge in [0.05, 0.1) is 17.3 Å². The van der Waals surface area contributed by atoms with Crippen molar-refractivity contribution in [1.82, 2.24) is 15.3 Å². The van der Waals surface area contributed by atoms with Crippen LogP contribution in [0.3, 0.4) is 0 Å². The molecule has 0 aliphatic heterocycles. The van der Waals surface area contributed by atoms with E-state index in [4.69, 9.17) is 5.26 Å². The molecule has 4 heteroatoms. The van der Waals surface area contributed by atoms with Gasteiger partial charge in [0.1, 0.15) is 5.82 Å². The number of benzene rings is 1. The van der Waals surface area contributed by atoms with E-state index >= 15 is 0 Å². The van der Waals surface area contributed by atoms with Gasteiger partial charge in [-0.3, -0.25) is 0 Å². The first-order chi connectivity index (χ1) is 8.78. The van der Waals surface area contributed by atoms with E-state index in [2.05, 4.69) is 21.4 Å². The molecule has 1 N–H and O–H groups in total. The zero-order valence-corrected chi connectivity index (χ0v) is 10.2. The van der Waals surface area contributed by atoms with E-state index in [1.165, 1.54) is 0 Å². The van der Waals surface area contributed by atoms with Gasteiger partial charge in [-0.1, -0.05) is 12.1 Å². The summed E-state index contributed by atoms with van der Waals surface area (Å²) in [5.41, 5.74) is 2.76. The van der Waals surface area contributed by atoms with Gasteiger partial charge in [-0.25, -0.2) is 9.97 Å². The molecule has 0 aliphatic rings. The van der Waals surface area contributed by atoms with Crippen LogP contribution < -0.4 is 5.32 Å². The Balaban J connectivity index is 1.90. The minimum absolute atomic E-state index is 0.687. The summed E-state index contributed by atoms with van der Waals surface area (Å²) in [4.78, 5) is 8.37. The largest absolute Gasteiger partial charge is 0.307 e. The van der Waals surface area contributed by atoms with E-state index in [0.29, 0.717) is 12.1 Å². The van der Waals surface area contributed by atoms with Crippen LogP contribution in [0, 0.1) is 18.3 Å². The van der Waals surface area contributed by atoms with E-state index < -0.39 is 0 Å². The highest BCUT2D eigenvalue weighted by Crippen LogP contribution is 2.04. The zero-order valence-electron chi connectivity index (χ0n) is 10.2. The summed E-state index contributed by atoms with van der Waals surface area (Å²) in [6.45, 7) is 3.29. The van der Waals surface area contributed by atoms with Crippen molar-refractivity contribution in [2.24, 2.45) is 0 Å². The molecule has 0 saturated carbocycles. The zero-order chi connectivity index (χ0) is 12.8. The predicted molar refractivity (Wildman–Crippen MR) is 68.5 cm³/mol. The van der Waals surface area contributed by atoms with Crippen LogP contribution in [0.4, 0.5) is 0 Å². The van der Waals surface area contributed by atoms with Crippen molar-refractivity contribution in [2.75, 3.05) is 0 Å². The third kappa shape index (κ3) is 3.37. The first-order valence-electron chi connectivity index (χ1n) is 5.76. The lowest BCUT2D eigenvalue weighted by atomic mass is 10.1. The van der Waals surface area contributed by atoms with E-state index in [9.17, 15) is 0 Å². The third-order valence-electron chi connectivity index (χ3n) is 2.53. The lowest BCUT2D eigenvalue weighted by molar-refractivity contribution is 0.675. The number of nitriles is 1. The number of nitrogens with zero attached hydrogens (tertiary/aromatic N) is 3. The van der Waals surface area contributed by atoms with E-state index in [0.717, 1.165) is 23.6 Å². The fourth-order valence-corrected chi connectivity index (χ4v) is 1.69. The number of aromatic nitrogens is 2. The number of hydrogen-bond acceptors (Lipinski definition) is 4. The van der Waals surface area contributed by atoms with Crippen LogP contribution in [-0.4, -0.2) is 9.97 Å². The Hall–Kier alpha value is -2.25. The van der Waals surface area contributed by atoms with Gasteiger partial charge in [0.25, 0.3) is 0 Å². The van der Waals surface area contributed by atoms with Crippen molar-refractivity contribution in [3.8, 4) is 6.07 Å². The molecule has 0 spiro atoms. The minimum atomic E-state index is 0.687. The summed E-state index contributed by atoms with van der Waals surface area (Å²) in [5, 5.41) is 12.1. The molecular weight excluding hydrogens is 224 g/mol. The van der Waals surface area contributed by atoms with Gasteiger partial charge in [-0.05, 0) is 30.7 Å². The predicted octanol–water partition coefficient (Wildman–Crippen LogP) is 1.95. The van der Waals surface area contributed by atoms with Gasteiger partial charge in [-0.15, -0.1) is 0 Å². The second-order valence-electron chi connectivity index (χ2n) is 4.01. The second kappa shape index (κ2) is 5.89. The van der Waals surface area contributed by atoms with Crippen molar-refractivity contribution in [3.63, 3.8) is 0 Å². The van der Waals surface area contributed by atoms with Crippen molar-refractivity contribution in [3.05, 3.63) is 59.2 Å². The lowest BCUT2D eigenvalue weighted by Gasteiger charge is -2.05. The maximum absolute atomic E-state index is 8.81. The molecular formula is C14H14N4. The molecule has 0 aliphatic carbocycles. The highest BCUT2D eigenvalue weighted by Gasteiger charge is 1.97. The normalized spacial score (nSPS) is 10.0. The molecule has 1 aromatic carbocycles. The van der Waals surface area contributed by atoms with Crippen LogP contribution in [0.5, 0.6) is 0 Å². The van der Waals surface area contributed by atoms with E-state index in [1.54, 1.807) is 12.3 Å². The first kappa shape index (κ1) is 12.2. The lowest BCUT2D eigenvalue weighted by Crippen LogP contribution is -2.14. The summed E-state index contributed by atoms with van der Waals surface area (Å²) >= 11 is 0. The molecule has 18 heavy (non-hydrogen) atoms. The van der Waals surface area contributed by atoms with Gasteiger partial charge in [0, 0.05) is 19.3 Å². The number of nitrogens with one attached hydrogen (secondary N) is 1. The summed E-state index contributed by atoms with van der Waals surface area (Å²) in [7, 11) is 0. The smallest absolute Gasteiger partial charge is 0.125 e. The van der Waals surface area contributed by atoms with Crippen molar-refractivity contribution in [1.29, 1.82) is 5.26 Å². The van der Waals surface area contributed by atoms with Crippen molar-refractivity contribution in [2.45, 2.75) is 20.0 Å². The molecule has 90 valence electrons. The van der Waals surface area contributed by atoms with Gasteiger partial charge in [-0.2, -0.15) is 5.26 Å². The molecule has 2 aromatic rings. The maximum Gasteiger partial charge on any atom is 0.125 e. The maximum atomic E-state index is 8.81. The van der Waals surface area contributed by atoms with Gasteiger partial charge >= 0.3 is 0 Å². The molecule has 0 bridgehead atoms. The fraction of sp³-hybridized carbons (Fsp3) is 0.214. The molecule has 0 atom stereocenters. The van der Waals surface area contributed by atoms with Crippen LogP contribution in [-0.2, 0) is 13.1 Å². The molecule has 0 fully saturated rings. The monoisotopic (exact) mass is 238 g/mol. The Labute approximate surface area is 106 Å². The van der Waals surface area contributed by atoms with Crippen molar-refractivity contribution >= 4 is 0 Å². The van der Waals surface area contributed by atoms with E-state index in [-0.39, 0.29) is 0 Å². The van der Waals surface area contributed by atoms with E-state index in [1.807, 2.05) is 31.2 Å². The Morgan fingerprint density at radius 1 is 1.28 bits per heavy atom. The average molecular weight is 238 g/mol. The highest BCUT2D eigenvalue weighted by molar-refractivity contribution is 5.32. The SMILES string of the molecule is Cc1nccc(CNCc2cccc(C#N)c2)n1. The molecule has 0 saturated heterocycles. The van der Waals surface area contributed by atoms with Crippen LogP contribution in [0.15, 0.2) is 36.5 Å². The number of hydrogen-bond donors (Lipinski definition) is 1. The quantitative estimate of drug-likeness (QED) is 0.884. The Kier molecular flexibility index (Phi) is 4.00. The Morgan fingerprint density at radius 3 is 2.94 bits per heavy atom. The van der Waals surface area contributed by atoms with Gasteiger partial charge < -0.3 is 5.32 Å². The van der Waals surface area contributed by atoms with Crippen LogP contribution in [0.2, 0.25) is 0 Å². The Morgan fingerprint density at radius 2 is 2.17 bits per heavy atom. The molecule has 0 radical (unpaired) electrons. The molecule has 2 rings (SSSR count). The average Bonchev–Trinajstić information content (AvgIpc) is 2.39.